The summed E-state index contributed by atoms with van der Waals surface area (Å²) in [6, 6.07) is 56.8. The van der Waals surface area contributed by atoms with Gasteiger partial charge in [-0.3, -0.25) is 0 Å². The third-order valence-corrected chi connectivity index (χ3v) is 11.6. The van der Waals surface area contributed by atoms with E-state index in [2.05, 4.69) is 116 Å². The molecular weight excluding hydrogens is 705 g/mol. The van der Waals surface area contributed by atoms with Crippen LogP contribution in [0, 0.1) is 0 Å². The summed E-state index contributed by atoms with van der Waals surface area (Å²) in [4.78, 5) is 14.8. The number of aromatic nitrogens is 4. The van der Waals surface area contributed by atoms with Crippen molar-refractivity contribution in [1.82, 2.24) is 19.5 Å². The molecule has 56 heavy (non-hydrogen) atoms. The monoisotopic (exact) mass is 740 g/mol. The Bertz CT molecular complexity index is 3050. The third-order valence-electron chi connectivity index (χ3n) is 10.4. The van der Waals surface area contributed by atoms with Gasteiger partial charge >= 0.3 is 0 Å². The van der Waals surface area contributed by atoms with Crippen LogP contribution in [0.2, 0.25) is 0 Å². The standard InChI is InChI=1S/C50H36N4OS/c1-31(2)40-28-36(50-52-48(33-15-6-4-7-16-33)51-49(53-50)34-17-8-5-9-18-34)25-26-45(40)55-32(3)35-19-14-20-37(27-35)54-43-23-12-10-21-38(43)41-29-42-39-22-11-13-24-46(39)56-47(42)30-44(41)54/h4-31H,3H2,1-2H3. The first-order valence-corrected chi connectivity index (χ1v) is 19.6. The molecule has 0 bridgehead atoms. The van der Waals surface area contributed by atoms with Gasteiger partial charge in [0.25, 0.3) is 0 Å². The topological polar surface area (TPSA) is 52.8 Å². The van der Waals surface area contributed by atoms with Crippen molar-refractivity contribution in [2.24, 2.45) is 0 Å². The van der Waals surface area contributed by atoms with Crippen LogP contribution in [0.4, 0.5) is 0 Å². The molecule has 0 unspecified atom stereocenters. The van der Waals surface area contributed by atoms with Gasteiger partial charge in [0, 0.05) is 58.9 Å². The number of nitrogens with zero attached hydrogens (tertiary/aromatic N) is 4. The van der Waals surface area contributed by atoms with Crippen molar-refractivity contribution >= 4 is 59.1 Å². The predicted molar refractivity (Wildman–Crippen MR) is 234 cm³/mol. The molecule has 7 aromatic carbocycles. The van der Waals surface area contributed by atoms with Crippen molar-refractivity contribution in [3.8, 4) is 45.6 Å². The highest BCUT2D eigenvalue weighted by Gasteiger charge is 2.19. The van der Waals surface area contributed by atoms with E-state index in [4.69, 9.17) is 19.7 Å². The molecule has 0 saturated heterocycles. The summed E-state index contributed by atoms with van der Waals surface area (Å²) >= 11 is 1.84. The molecule has 0 aliphatic rings. The van der Waals surface area contributed by atoms with Crippen molar-refractivity contribution in [2.45, 2.75) is 19.8 Å². The number of ether oxygens (including phenoxy) is 1. The first-order chi connectivity index (χ1) is 27.5. The fraction of sp³-hybridized carbons (Fsp3) is 0.0600. The molecule has 3 heterocycles. The summed E-state index contributed by atoms with van der Waals surface area (Å²) in [6.45, 7) is 8.78. The van der Waals surface area contributed by atoms with Crippen LogP contribution >= 0.6 is 11.3 Å². The van der Waals surface area contributed by atoms with Gasteiger partial charge in [-0.05, 0) is 66.1 Å². The quantitative estimate of drug-likeness (QED) is 0.146. The molecule has 0 fully saturated rings. The summed E-state index contributed by atoms with van der Waals surface area (Å²) in [5.74, 6) is 3.36. The van der Waals surface area contributed by atoms with Gasteiger partial charge in [0.15, 0.2) is 17.5 Å². The second-order valence-electron chi connectivity index (χ2n) is 14.3. The van der Waals surface area contributed by atoms with E-state index < -0.39 is 0 Å². The molecule has 0 atom stereocenters. The average molecular weight is 741 g/mol. The molecule has 6 heteroatoms. The molecule has 0 saturated carbocycles. The van der Waals surface area contributed by atoms with Crippen molar-refractivity contribution in [3.63, 3.8) is 0 Å². The fourth-order valence-electron chi connectivity index (χ4n) is 7.65. The lowest BCUT2D eigenvalue weighted by molar-refractivity contribution is 0.505. The Balaban J connectivity index is 1.02. The Morgan fingerprint density at radius 2 is 1.18 bits per heavy atom. The molecule has 0 amide bonds. The molecule has 5 nitrogen and oxygen atoms in total. The lowest BCUT2D eigenvalue weighted by atomic mass is 9.99. The van der Waals surface area contributed by atoms with Crippen LogP contribution < -0.4 is 4.74 Å². The second kappa shape index (κ2) is 13.8. The normalized spacial score (nSPS) is 11.6. The Labute approximate surface area is 328 Å². The van der Waals surface area contributed by atoms with Crippen molar-refractivity contribution < 1.29 is 4.74 Å². The molecule has 0 N–H and O–H groups in total. The van der Waals surface area contributed by atoms with Gasteiger partial charge < -0.3 is 9.30 Å². The summed E-state index contributed by atoms with van der Waals surface area (Å²) in [5, 5.41) is 5.07. The Kier molecular flexibility index (Phi) is 8.27. The number of fused-ring (bicyclic) bond motifs is 6. The molecular formula is C50H36N4OS. The van der Waals surface area contributed by atoms with Gasteiger partial charge in [0.1, 0.15) is 11.5 Å². The van der Waals surface area contributed by atoms with Gasteiger partial charge in [-0.15, -0.1) is 11.3 Å². The van der Waals surface area contributed by atoms with E-state index in [1.165, 1.54) is 36.5 Å². The maximum atomic E-state index is 6.65. The van der Waals surface area contributed by atoms with Crippen molar-refractivity contribution in [1.29, 1.82) is 0 Å². The van der Waals surface area contributed by atoms with E-state index in [1.54, 1.807) is 0 Å². The third kappa shape index (κ3) is 5.92. The Morgan fingerprint density at radius 1 is 0.536 bits per heavy atom. The van der Waals surface area contributed by atoms with Crippen LogP contribution in [0.25, 0.3) is 87.6 Å². The number of hydrogen-bond donors (Lipinski definition) is 0. The highest BCUT2D eigenvalue weighted by Crippen LogP contribution is 2.41. The predicted octanol–water partition coefficient (Wildman–Crippen LogP) is 13.5. The Morgan fingerprint density at radius 3 is 1.89 bits per heavy atom. The molecule has 10 aromatic rings. The zero-order valence-electron chi connectivity index (χ0n) is 31.0. The first kappa shape index (κ1) is 33.7. The van der Waals surface area contributed by atoms with Crippen LogP contribution in [-0.2, 0) is 0 Å². The largest absolute Gasteiger partial charge is 0.457 e. The van der Waals surface area contributed by atoms with Gasteiger partial charge in [-0.2, -0.15) is 0 Å². The lowest BCUT2D eigenvalue weighted by Gasteiger charge is -2.18. The van der Waals surface area contributed by atoms with Crippen molar-refractivity contribution in [3.05, 3.63) is 181 Å². The second-order valence-corrected chi connectivity index (χ2v) is 15.4. The van der Waals surface area contributed by atoms with E-state index >= 15 is 0 Å². The van der Waals surface area contributed by atoms with Gasteiger partial charge in [0.2, 0.25) is 0 Å². The molecule has 3 aromatic heterocycles. The van der Waals surface area contributed by atoms with E-state index in [0.29, 0.717) is 23.2 Å². The first-order valence-electron chi connectivity index (χ1n) is 18.8. The number of hydrogen-bond acceptors (Lipinski definition) is 5. The van der Waals surface area contributed by atoms with E-state index in [1.807, 2.05) is 84.1 Å². The number of benzene rings is 7. The zero-order chi connectivity index (χ0) is 37.8. The van der Waals surface area contributed by atoms with Crippen molar-refractivity contribution in [2.75, 3.05) is 0 Å². The molecule has 0 aliphatic carbocycles. The number of para-hydroxylation sites is 1. The molecule has 0 aliphatic heterocycles. The molecule has 0 radical (unpaired) electrons. The minimum atomic E-state index is 0.163. The maximum absolute atomic E-state index is 6.65. The van der Waals surface area contributed by atoms with E-state index in [-0.39, 0.29) is 5.92 Å². The van der Waals surface area contributed by atoms with E-state index in [0.717, 1.165) is 44.8 Å². The smallest absolute Gasteiger partial charge is 0.164 e. The van der Waals surface area contributed by atoms with Crippen LogP contribution in [0.3, 0.4) is 0 Å². The zero-order valence-corrected chi connectivity index (χ0v) is 31.8. The summed E-state index contributed by atoms with van der Waals surface area (Å²) < 4.78 is 11.6. The van der Waals surface area contributed by atoms with Crippen LogP contribution in [0.15, 0.2) is 170 Å². The number of rotatable bonds is 8. The SMILES string of the molecule is C=C(Oc1ccc(-c2nc(-c3ccccc3)nc(-c3ccccc3)n2)cc1C(C)C)c1cccc(-n2c3ccccc3c3cc4c(cc32)sc2ccccc24)c1. The van der Waals surface area contributed by atoms with Gasteiger partial charge in [-0.25, -0.2) is 15.0 Å². The molecule has 268 valence electrons. The fourth-order valence-corrected chi connectivity index (χ4v) is 8.77. The summed E-state index contributed by atoms with van der Waals surface area (Å²) in [6.07, 6.45) is 0. The van der Waals surface area contributed by atoms with Gasteiger partial charge in [0.05, 0.1) is 11.0 Å². The van der Waals surface area contributed by atoms with E-state index in [9.17, 15) is 0 Å². The molecule has 0 spiro atoms. The average Bonchev–Trinajstić information content (AvgIpc) is 3.78. The summed E-state index contributed by atoms with van der Waals surface area (Å²) in [5.41, 5.74) is 8.10. The van der Waals surface area contributed by atoms with Crippen LogP contribution in [-0.4, -0.2) is 19.5 Å². The van der Waals surface area contributed by atoms with Crippen LogP contribution in [0.1, 0.15) is 30.9 Å². The summed E-state index contributed by atoms with van der Waals surface area (Å²) in [7, 11) is 0. The highest BCUT2D eigenvalue weighted by molar-refractivity contribution is 7.25. The lowest BCUT2D eigenvalue weighted by Crippen LogP contribution is -2.03. The molecule has 10 rings (SSSR count). The maximum Gasteiger partial charge on any atom is 0.164 e. The van der Waals surface area contributed by atoms with Gasteiger partial charge in [-0.1, -0.05) is 130 Å². The van der Waals surface area contributed by atoms with Crippen LogP contribution in [0.5, 0.6) is 5.75 Å². The highest BCUT2D eigenvalue weighted by atomic mass is 32.1. The number of thiophene rings is 1. The Hall–Kier alpha value is -6.89. The minimum Gasteiger partial charge on any atom is -0.457 e. The minimum absolute atomic E-state index is 0.163.